The van der Waals surface area contributed by atoms with Crippen LogP contribution in [-0.4, -0.2) is 28.2 Å². The Balaban J connectivity index is 1.63. The zero-order chi connectivity index (χ0) is 24.8. The molecule has 4 fully saturated rings. The third-order valence-electron chi connectivity index (χ3n) is 8.02. The van der Waals surface area contributed by atoms with Crippen molar-refractivity contribution in [3.8, 4) is 0 Å². The average molecular weight is 573 g/mol. The molecule has 0 aliphatic heterocycles. The van der Waals surface area contributed by atoms with E-state index in [4.69, 9.17) is 41.3 Å². The average Bonchev–Trinajstić information content (AvgIpc) is 2.86. The van der Waals surface area contributed by atoms with Crippen molar-refractivity contribution >= 4 is 38.4 Å². The Hall–Kier alpha value is 0.880. The van der Waals surface area contributed by atoms with Crippen molar-refractivity contribution in [1.82, 2.24) is 0 Å². The van der Waals surface area contributed by atoms with Crippen molar-refractivity contribution in [2.45, 2.75) is 157 Å². The topological polar surface area (TPSA) is 71.1 Å². The van der Waals surface area contributed by atoms with E-state index >= 15 is 0 Å². The SMILES string of the molecule is O=P(OC1CCCCC1)(OC1CCCCC1)C(Cl)(Cl)P(=O)(OC1CCCCC1)OC1CCCCC1. The summed E-state index contributed by atoms with van der Waals surface area (Å²) in [5.74, 6) is 0. The van der Waals surface area contributed by atoms with Gasteiger partial charge in [0.25, 0.3) is 0 Å². The van der Waals surface area contributed by atoms with Crippen molar-refractivity contribution in [3.63, 3.8) is 0 Å². The molecule has 0 bridgehead atoms. The van der Waals surface area contributed by atoms with Crippen LogP contribution in [0, 0.1) is 0 Å². The maximum atomic E-state index is 14.7. The zero-order valence-electron chi connectivity index (χ0n) is 21.1. The smallest absolute Gasteiger partial charge is 0.303 e. The molecule has 0 amide bonds. The minimum atomic E-state index is -4.30. The first-order valence-electron chi connectivity index (χ1n) is 14.1. The monoisotopic (exact) mass is 572 g/mol. The fraction of sp³-hybridized carbons (Fsp3) is 1.00. The summed E-state index contributed by atoms with van der Waals surface area (Å²) >= 11 is 13.9. The van der Waals surface area contributed by atoms with Gasteiger partial charge in [0.1, 0.15) is 0 Å². The zero-order valence-corrected chi connectivity index (χ0v) is 24.4. The first kappa shape index (κ1) is 28.9. The predicted octanol–water partition coefficient (Wildman–Crippen LogP) is 9.86. The molecule has 4 saturated carbocycles. The van der Waals surface area contributed by atoms with Crippen molar-refractivity contribution < 1.29 is 27.2 Å². The summed E-state index contributed by atoms with van der Waals surface area (Å²) < 4.78 is 51.7. The van der Waals surface area contributed by atoms with Crippen LogP contribution >= 0.6 is 38.4 Å². The normalized spacial score (nSPS) is 25.7. The Morgan fingerprint density at radius 3 is 0.829 bits per heavy atom. The highest BCUT2D eigenvalue weighted by Crippen LogP contribution is 2.83. The Labute approximate surface area is 221 Å². The molecule has 0 aromatic carbocycles. The Kier molecular flexibility index (Phi) is 11.0. The molecule has 10 heteroatoms. The quantitative estimate of drug-likeness (QED) is 0.191. The van der Waals surface area contributed by atoms with Gasteiger partial charge in [-0.3, -0.25) is 9.13 Å². The van der Waals surface area contributed by atoms with Crippen molar-refractivity contribution in [2.24, 2.45) is 0 Å². The fourth-order valence-electron chi connectivity index (χ4n) is 5.92. The molecule has 0 aromatic heterocycles. The van der Waals surface area contributed by atoms with Gasteiger partial charge in [0.15, 0.2) is 0 Å². The fourth-order valence-corrected chi connectivity index (χ4v) is 11.7. The van der Waals surface area contributed by atoms with Crippen LogP contribution in [-0.2, 0) is 27.2 Å². The molecule has 0 heterocycles. The standard InChI is InChI=1S/C25H44Cl2O6P2/c26-25(27,34(28,30-21-13-5-1-6-14-21)31-22-15-7-2-8-16-22)35(29,32-23-17-9-3-10-18-23)33-24-19-11-4-12-20-24/h21-24H,1-20H2. The van der Waals surface area contributed by atoms with Crippen LogP contribution in [0.15, 0.2) is 0 Å². The van der Waals surface area contributed by atoms with Crippen LogP contribution in [0.1, 0.15) is 128 Å². The van der Waals surface area contributed by atoms with Crippen molar-refractivity contribution in [3.05, 3.63) is 0 Å². The van der Waals surface area contributed by atoms with Gasteiger partial charge in [0, 0.05) is 0 Å². The molecular weight excluding hydrogens is 529 g/mol. The first-order chi connectivity index (χ1) is 16.8. The molecule has 0 unspecified atom stereocenters. The second-order valence-electron chi connectivity index (χ2n) is 11.0. The molecule has 4 rings (SSSR count). The van der Waals surface area contributed by atoms with Gasteiger partial charge >= 0.3 is 19.0 Å². The van der Waals surface area contributed by atoms with E-state index in [9.17, 15) is 9.13 Å². The highest BCUT2D eigenvalue weighted by molar-refractivity contribution is 7.80. The van der Waals surface area contributed by atoms with Crippen molar-refractivity contribution in [1.29, 1.82) is 0 Å². The number of hydrogen-bond donors (Lipinski definition) is 0. The molecule has 204 valence electrons. The second-order valence-corrected chi connectivity index (χ2v) is 17.9. The van der Waals surface area contributed by atoms with E-state index in [1.54, 1.807) is 0 Å². The van der Waals surface area contributed by atoms with E-state index in [-0.39, 0.29) is 24.4 Å². The molecule has 4 aliphatic carbocycles. The highest BCUT2D eigenvalue weighted by Gasteiger charge is 2.66. The number of alkyl halides is 2. The minimum absolute atomic E-state index is 0.284. The van der Waals surface area contributed by atoms with Gasteiger partial charge < -0.3 is 18.1 Å². The molecule has 4 aliphatic rings. The van der Waals surface area contributed by atoms with Gasteiger partial charge in [-0.05, 0) is 51.4 Å². The molecule has 0 spiro atoms. The summed E-state index contributed by atoms with van der Waals surface area (Å²) in [4.78, 5) is 0. The predicted molar refractivity (Wildman–Crippen MR) is 141 cm³/mol. The highest BCUT2D eigenvalue weighted by atomic mass is 35.5. The summed E-state index contributed by atoms with van der Waals surface area (Å²) in [6.07, 6.45) is 17.3. The van der Waals surface area contributed by atoms with Crippen LogP contribution in [0.3, 0.4) is 0 Å². The first-order valence-corrected chi connectivity index (χ1v) is 18.0. The van der Waals surface area contributed by atoms with Crippen LogP contribution < -0.4 is 0 Å². The van der Waals surface area contributed by atoms with Gasteiger partial charge in [0.2, 0.25) is 0 Å². The summed E-state index contributed by atoms with van der Waals surface area (Å²) in [5, 5.41) is 0. The van der Waals surface area contributed by atoms with Gasteiger partial charge in [0.05, 0.1) is 24.4 Å². The van der Waals surface area contributed by atoms with E-state index in [0.29, 0.717) is 0 Å². The molecule has 0 radical (unpaired) electrons. The third kappa shape index (κ3) is 7.51. The summed E-state index contributed by atoms with van der Waals surface area (Å²) in [6.45, 7) is 0. The van der Waals surface area contributed by atoms with E-state index in [0.717, 1.165) is 128 Å². The van der Waals surface area contributed by atoms with Crippen LogP contribution in [0.5, 0.6) is 0 Å². The van der Waals surface area contributed by atoms with Crippen LogP contribution in [0.25, 0.3) is 0 Å². The molecule has 0 aromatic rings. The maximum absolute atomic E-state index is 14.7. The number of halogens is 2. The van der Waals surface area contributed by atoms with Gasteiger partial charge in [-0.15, -0.1) is 0 Å². The summed E-state index contributed by atoms with van der Waals surface area (Å²) in [5.41, 5.74) is 0. The minimum Gasteiger partial charge on any atom is -0.303 e. The Bertz CT molecular complexity index is 634. The molecule has 0 atom stereocenters. The summed E-state index contributed by atoms with van der Waals surface area (Å²) in [6, 6.07) is 0. The lowest BCUT2D eigenvalue weighted by Gasteiger charge is -2.41. The van der Waals surface area contributed by atoms with Gasteiger partial charge in [-0.1, -0.05) is 100 Å². The Morgan fingerprint density at radius 1 is 0.429 bits per heavy atom. The Morgan fingerprint density at radius 2 is 0.629 bits per heavy atom. The largest absolute Gasteiger partial charge is 0.379 e. The summed E-state index contributed by atoms with van der Waals surface area (Å²) in [7, 11) is -8.60. The van der Waals surface area contributed by atoms with Crippen molar-refractivity contribution in [2.75, 3.05) is 0 Å². The van der Waals surface area contributed by atoms with Gasteiger partial charge in [-0.25, -0.2) is 0 Å². The van der Waals surface area contributed by atoms with E-state index < -0.39 is 19.0 Å². The molecular formula is C25H44Cl2O6P2. The van der Waals surface area contributed by atoms with Crippen LogP contribution in [0.4, 0.5) is 0 Å². The molecule has 6 nitrogen and oxygen atoms in total. The molecule has 35 heavy (non-hydrogen) atoms. The number of rotatable bonds is 10. The van der Waals surface area contributed by atoms with E-state index in [1.807, 2.05) is 0 Å². The lowest BCUT2D eigenvalue weighted by atomic mass is 9.98. The van der Waals surface area contributed by atoms with Gasteiger partial charge in [-0.2, -0.15) is 0 Å². The lowest BCUT2D eigenvalue weighted by Crippen LogP contribution is -2.31. The second kappa shape index (κ2) is 13.3. The molecule has 0 saturated heterocycles. The maximum Gasteiger partial charge on any atom is 0.379 e. The van der Waals surface area contributed by atoms with E-state index in [1.165, 1.54) is 0 Å². The van der Waals surface area contributed by atoms with E-state index in [2.05, 4.69) is 0 Å². The lowest BCUT2D eigenvalue weighted by molar-refractivity contribution is 0.0656. The molecule has 0 N–H and O–H groups in total. The van der Waals surface area contributed by atoms with Crippen LogP contribution in [0.2, 0.25) is 0 Å². The number of hydrogen-bond acceptors (Lipinski definition) is 6. The third-order valence-corrected chi connectivity index (χ3v) is 15.6.